The standard InChI is InChI=1S/C21H24FN7O3/c1-11-6-15(22)5-4-14(11)10-29-9-13(8-24-29)7-23-21-25-12(2)16-18(27-21)28(3)17(20(31)32)19(30)26-16/h4-6,8-9,17,20,31-32H,7,10H2,1-3H3,(H,26,30)(H,23,25,27)/t17-/m1/s1. The number of nitrogens with one attached hydrogen (secondary N) is 2. The van der Waals surface area contributed by atoms with Gasteiger partial charge in [0.1, 0.15) is 11.5 Å². The lowest BCUT2D eigenvalue weighted by molar-refractivity contribution is -0.128. The summed E-state index contributed by atoms with van der Waals surface area (Å²) in [6.45, 7) is 4.52. The number of carbonyl (C=O) groups excluding carboxylic acids is 1. The Kier molecular flexibility index (Phi) is 5.76. The summed E-state index contributed by atoms with van der Waals surface area (Å²) in [4.78, 5) is 22.4. The highest BCUT2D eigenvalue weighted by Crippen LogP contribution is 2.32. The maximum atomic E-state index is 13.3. The molecule has 0 fully saturated rings. The number of rotatable bonds is 6. The summed E-state index contributed by atoms with van der Waals surface area (Å²) in [5.74, 6) is -0.0778. The first-order valence-electron chi connectivity index (χ1n) is 10.0. The summed E-state index contributed by atoms with van der Waals surface area (Å²) in [7, 11) is 1.57. The molecule has 2 aromatic heterocycles. The molecule has 0 saturated heterocycles. The number of halogens is 1. The van der Waals surface area contributed by atoms with Crippen LogP contribution in [0.25, 0.3) is 0 Å². The van der Waals surface area contributed by atoms with E-state index in [4.69, 9.17) is 0 Å². The summed E-state index contributed by atoms with van der Waals surface area (Å²) in [5.41, 5.74) is 3.72. The Hall–Kier alpha value is -3.57. The summed E-state index contributed by atoms with van der Waals surface area (Å²) >= 11 is 0. The number of hydrogen-bond donors (Lipinski definition) is 4. The van der Waals surface area contributed by atoms with Crippen LogP contribution in [0.5, 0.6) is 0 Å². The molecule has 32 heavy (non-hydrogen) atoms. The third-order valence-electron chi connectivity index (χ3n) is 5.40. The summed E-state index contributed by atoms with van der Waals surface area (Å²) in [5, 5.41) is 29.2. The number of aliphatic hydroxyl groups is 2. The number of anilines is 3. The average molecular weight is 441 g/mol. The monoisotopic (exact) mass is 441 g/mol. The van der Waals surface area contributed by atoms with Crippen LogP contribution in [0.2, 0.25) is 0 Å². The minimum atomic E-state index is -1.85. The normalized spacial score (nSPS) is 15.7. The van der Waals surface area contributed by atoms with Crippen LogP contribution in [0.4, 0.5) is 21.8 Å². The molecule has 4 N–H and O–H groups in total. The van der Waals surface area contributed by atoms with E-state index in [2.05, 4.69) is 25.7 Å². The lowest BCUT2D eigenvalue weighted by atomic mass is 10.1. The van der Waals surface area contributed by atoms with Gasteiger partial charge in [-0.2, -0.15) is 10.1 Å². The molecule has 0 aliphatic carbocycles. The van der Waals surface area contributed by atoms with Crippen molar-refractivity contribution in [2.24, 2.45) is 0 Å². The van der Waals surface area contributed by atoms with E-state index in [9.17, 15) is 19.4 Å². The minimum absolute atomic E-state index is 0.262. The first kappa shape index (κ1) is 21.7. The van der Waals surface area contributed by atoms with Crippen LogP contribution in [-0.4, -0.2) is 55.2 Å². The van der Waals surface area contributed by atoms with Crippen LogP contribution in [0.3, 0.4) is 0 Å². The molecule has 0 radical (unpaired) electrons. The van der Waals surface area contributed by atoms with Gasteiger partial charge >= 0.3 is 0 Å². The predicted octanol–water partition coefficient (Wildman–Crippen LogP) is 1.16. The maximum Gasteiger partial charge on any atom is 0.252 e. The van der Waals surface area contributed by atoms with Gasteiger partial charge in [-0.15, -0.1) is 0 Å². The fourth-order valence-electron chi connectivity index (χ4n) is 3.66. The number of carbonyl (C=O) groups is 1. The van der Waals surface area contributed by atoms with Crippen molar-refractivity contribution in [3.63, 3.8) is 0 Å². The van der Waals surface area contributed by atoms with Crippen molar-refractivity contribution in [3.8, 4) is 0 Å². The number of fused-ring (bicyclic) bond motifs is 1. The zero-order chi connectivity index (χ0) is 23.0. The van der Waals surface area contributed by atoms with Crippen LogP contribution >= 0.6 is 0 Å². The van der Waals surface area contributed by atoms with Crippen molar-refractivity contribution in [3.05, 3.63) is 58.8 Å². The highest BCUT2D eigenvalue weighted by atomic mass is 19.1. The van der Waals surface area contributed by atoms with E-state index in [0.717, 1.165) is 16.7 Å². The Labute approximate surface area is 183 Å². The minimum Gasteiger partial charge on any atom is -0.366 e. The lowest BCUT2D eigenvalue weighted by Gasteiger charge is -2.35. The zero-order valence-corrected chi connectivity index (χ0v) is 17.9. The Balaban J connectivity index is 1.47. The molecular formula is C21H24FN7O3. The summed E-state index contributed by atoms with van der Waals surface area (Å²) in [6, 6.07) is 3.51. The van der Waals surface area contributed by atoms with Gasteiger partial charge in [-0.05, 0) is 37.1 Å². The maximum absolute atomic E-state index is 13.3. The Bertz CT molecular complexity index is 1160. The Morgan fingerprint density at radius 3 is 2.78 bits per heavy atom. The van der Waals surface area contributed by atoms with Crippen molar-refractivity contribution < 1.29 is 19.4 Å². The van der Waals surface area contributed by atoms with Gasteiger partial charge in [-0.1, -0.05) is 6.07 Å². The molecule has 11 heteroatoms. The third-order valence-corrected chi connectivity index (χ3v) is 5.40. The molecule has 1 atom stereocenters. The molecule has 1 aromatic carbocycles. The van der Waals surface area contributed by atoms with Gasteiger partial charge in [0, 0.05) is 25.4 Å². The fraction of sp³-hybridized carbons (Fsp3) is 0.333. The second-order valence-corrected chi connectivity index (χ2v) is 7.76. The molecule has 4 rings (SSSR count). The van der Waals surface area contributed by atoms with E-state index in [1.54, 1.807) is 30.9 Å². The molecule has 168 valence electrons. The number of aromatic nitrogens is 4. The number of benzene rings is 1. The number of likely N-dealkylation sites (N-methyl/N-ethyl adjacent to an activating group) is 1. The summed E-state index contributed by atoms with van der Waals surface area (Å²) < 4.78 is 15.1. The predicted molar refractivity (Wildman–Crippen MR) is 116 cm³/mol. The smallest absolute Gasteiger partial charge is 0.252 e. The molecule has 1 amide bonds. The van der Waals surface area contributed by atoms with E-state index in [0.29, 0.717) is 36.2 Å². The second-order valence-electron chi connectivity index (χ2n) is 7.76. The van der Waals surface area contributed by atoms with Crippen molar-refractivity contribution >= 4 is 23.4 Å². The molecule has 0 spiro atoms. The van der Waals surface area contributed by atoms with E-state index >= 15 is 0 Å². The molecule has 1 aliphatic rings. The van der Waals surface area contributed by atoms with E-state index in [1.165, 1.54) is 17.0 Å². The molecule has 0 unspecified atom stereocenters. The van der Waals surface area contributed by atoms with Gasteiger partial charge in [0.2, 0.25) is 5.95 Å². The Morgan fingerprint density at radius 1 is 1.28 bits per heavy atom. The highest BCUT2D eigenvalue weighted by Gasteiger charge is 2.37. The van der Waals surface area contributed by atoms with Crippen LogP contribution in [-0.2, 0) is 17.9 Å². The second kappa shape index (κ2) is 8.52. The van der Waals surface area contributed by atoms with E-state index < -0.39 is 18.2 Å². The van der Waals surface area contributed by atoms with Gasteiger partial charge in [0.05, 0.1) is 18.4 Å². The van der Waals surface area contributed by atoms with Gasteiger partial charge < -0.3 is 25.7 Å². The molecular weight excluding hydrogens is 417 g/mol. The average Bonchev–Trinajstić information content (AvgIpc) is 3.17. The number of aliphatic hydroxyl groups excluding tert-OH is 1. The van der Waals surface area contributed by atoms with Crippen molar-refractivity contribution in [2.45, 2.75) is 39.3 Å². The van der Waals surface area contributed by atoms with Gasteiger partial charge in [-0.25, -0.2) is 9.37 Å². The SMILES string of the molecule is Cc1cc(F)ccc1Cn1cc(CNc2nc(C)c3c(n2)N(C)[C@@H](C(O)O)C(=O)N3)cn1. The van der Waals surface area contributed by atoms with Gasteiger partial charge in [0.15, 0.2) is 18.1 Å². The number of nitrogens with zero attached hydrogens (tertiary/aromatic N) is 5. The topological polar surface area (TPSA) is 128 Å². The molecule has 0 saturated carbocycles. The van der Waals surface area contributed by atoms with Crippen molar-refractivity contribution in [2.75, 3.05) is 22.6 Å². The van der Waals surface area contributed by atoms with Crippen molar-refractivity contribution in [1.29, 1.82) is 0 Å². The first-order chi connectivity index (χ1) is 15.2. The summed E-state index contributed by atoms with van der Waals surface area (Å²) in [6.07, 6.45) is 1.75. The molecule has 3 heterocycles. The molecule has 3 aromatic rings. The largest absolute Gasteiger partial charge is 0.366 e. The number of amides is 1. The van der Waals surface area contributed by atoms with Crippen molar-refractivity contribution in [1.82, 2.24) is 19.7 Å². The van der Waals surface area contributed by atoms with Crippen LogP contribution in [0.15, 0.2) is 30.6 Å². The molecule has 1 aliphatic heterocycles. The van der Waals surface area contributed by atoms with Gasteiger partial charge in [-0.3, -0.25) is 9.48 Å². The highest BCUT2D eigenvalue weighted by molar-refractivity contribution is 6.03. The third kappa shape index (κ3) is 4.25. The lowest BCUT2D eigenvalue weighted by Crippen LogP contribution is -2.53. The number of aryl methyl sites for hydroxylation is 2. The molecule has 0 bridgehead atoms. The van der Waals surface area contributed by atoms with Crippen LogP contribution in [0, 0.1) is 19.7 Å². The molecule has 10 nitrogen and oxygen atoms in total. The van der Waals surface area contributed by atoms with Crippen LogP contribution < -0.4 is 15.5 Å². The number of hydrogen-bond acceptors (Lipinski definition) is 8. The first-order valence-corrected chi connectivity index (χ1v) is 10.0. The Morgan fingerprint density at radius 2 is 2.06 bits per heavy atom. The fourth-order valence-corrected chi connectivity index (χ4v) is 3.66. The van der Waals surface area contributed by atoms with E-state index in [-0.39, 0.29) is 5.82 Å². The quantitative estimate of drug-likeness (QED) is 0.420. The van der Waals surface area contributed by atoms with E-state index in [1.807, 2.05) is 13.1 Å². The van der Waals surface area contributed by atoms with Crippen LogP contribution in [0.1, 0.15) is 22.4 Å². The zero-order valence-electron chi connectivity index (χ0n) is 17.9. The van der Waals surface area contributed by atoms with Gasteiger partial charge in [0.25, 0.3) is 5.91 Å².